The van der Waals surface area contributed by atoms with E-state index in [4.69, 9.17) is 0 Å². The minimum Gasteiger partial charge on any atom is -0.478 e. The van der Waals surface area contributed by atoms with Crippen LogP contribution in [0.15, 0.2) is 36.5 Å². The van der Waals surface area contributed by atoms with Crippen molar-refractivity contribution in [1.82, 2.24) is 9.88 Å². The van der Waals surface area contributed by atoms with Crippen LogP contribution in [-0.2, 0) is 12.8 Å². The molecule has 1 fully saturated rings. The molecular formula is C22H24N2O3. The second-order valence-corrected chi connectivity index (χ2v) is 7.56. The first-order chi connectivity index (χ1) is 13.1. The lowest BCUT2D eigenvalue weighted by Crippen LogP contribution is -2.39. The topological polar surface area (TPSA) is 70.5 Å². The molecule has 1 aromatic carbocycles. The van der Waals surface area contributed by atoms with Crippen LogP contribution in [0.2, 0.25) is 0 Å². The van der Waals surface area contributed by atoms with Gasteiger partial charge >= 0.3 is 5.97 Å². The molecule has 0 saturated carbocycles. The summed E-state index contributed by atoms with van der Waals surface area (Å²) >= 11 is 0. The second kappa shape index (κ2) is 7.51. The zero-order chi connectivity index (χ0) is 18.8. The zero-order valence-electron chi connectivity index (χ0n) is 15.4. The van der Waals surface area contributed by atoms with Crippen LogP contribution in [0, 0.1) is 0 Å². The van der Waals surface area contributed by atoms with Crippen molar-refractivity contribution in [3.8, 4) is 0 Å². The molecule has 140 valence electrons. The average Bonchev–Trinajstić information content (AvgIpc) is 2.73. The first-order valence-electron chi connectivity index (χ1n) is 9.72. The number of rotatable bonds is 3. The van der Waals surface area contributed by atoms with Gasteiger partial charge in [0.2, 0.25) is 0 Å². The van der Waals surface area contributed by atoms with Crippen LogP contribution in [0.4, 0.5) is 0 Å². The van der Waals surface area contributed by atoms with E-state index in [0.717, 1.165) is 49.9 Å². The molecule has 1 aliphatic carbocycles. The molecule has 0 spiro atoms. The Bertz CT molecular complexity index is 878. The van der Waals surface area contributed by atoms with Crippen LogP contribution in [-0.4, -0.2) is 40.0 Å². The lowest BCUT2D eigenvalue weighted by Gasteiger charge is -2.33. The Labute approximate surface area is 159 Å². The Morgan fingerprint density at radius 1 is 1.07 bits per heavy atom. The van der Waals surface area contributed by atoms with Gasteiger partial charge in [0.15, 0.2) is 0 Å². The summed E-state index contributed by atoms with van der Waals surface area (Å²) in [6.07, 6.45) is 7.97. The van der Waals surface area contributed by atoms with Gasteiger partial charge in [0, 0.05) is 30.9 Å². The standard InChI is InChI=1S/C22H24N2O3/c25-21(19-12-16-5-1-2-9-20(16)23-13-19)24-10-4-8-18(14-24)15-6-3-7-17(11-15)22(26)27/h3,6-7,11-13,18H,1-2,4-5,8-10,14H2,(H,26,27)/t18-/m1/s1. The van der Waals surface area contributed by atoms with E-state index >= 15 is 0 Å². The molecule has 0 unspecified atom stereocenters. The number of carbonyl (C=O) groups excluding carboxylic acids is 1. The Morgan fingerprint density at radius 2 is 1.93 bits per heavy atom. The number of amides is 1. The molecule has 2 aromatic rings. The molecule has 27 heavy (non-hydrogen) atoms. The van der Waals surface area contributed by atoms with E-state index in [1.54, 1.807) is 24.4 Å². The minimum atomic E-state index is -0.916. The normalized spacial score (nSPS) is 19.4. The van der Waals surface area contributed by atoms with Crippen LogP contribution >= 0.6 is 0 Å². The number of pyridine rings is 1. The molecule has 1 amide bonds. The molecule has 1 aromatic heterocycles. The number of carboxylic acids is 1. The van der Waals surface area contributed by atoms with E-state index < -0.39 is 5.97 Å². The van der Waals surface area contributed by atoms with Crippen molar-refractivity contribution < 1.29 is 14.7 Å². The number of aryl methyl sites for hydroxylation is 2. The smallest absolute Gasteiger partial charge is 0.335 e. The summed E-state index contributed by atoms with van der Waals surface area (Å²) < 4.78 is 0. The van der Waals surface area contributed by atoms with Gasteiger partial charge in [-0.05, 0) is 67.9 Å². The highest BCUT2D eigenvalue weighted by Gasteiger charge is 2.26. The highest BCUT2D eigenvalue weighted by molar-refractivity contribution is 5.94. The summed E-state index contributed by atoms with van der Waals surface area (Å²) in [4.78, 5) is 30.7. The van der Waals surface area contributed by atoms with Gasteiger partial charge < -0.3 is 10.0 Å². The van der Waals surface area contributed by atoms with E-state index in [1.165, 1.54) is 12.0 Å². The van der Waals surface area contributed by atoms with Crippen molar-refractivity contribution in [1.29, 1.82) is 0 Å². The first kappa shape index (κ1) is 17.7. The summed E-state index contributed by atoms with van der Waals surface area (Å²) in [5, 5.41) is 9.22. The fraction of sp³-hybridized carbons (Fsp3) is 0.409. The maximum absolute atomic E-state index is 13.0. The van der Waals surface area contributed by atoms with Gasteiger partial charge in [-0.3, -0.25) is 9.78 Å². The fourth-order valence-corrected chi connectivity index (χ4v) is 4.25. The van der Waals surface area contributed by atoms with E-state index in [9.17, 15) is 14.7 Å². The predicted molar refractivity (Wildman–Crippen MR) is 102 cm³/mol. The SMILES string of the molecule is O=C(O)c1cccc([C@@H]2CCCN(C(=O)c3cnc4c(c3)CCCC4)C2)c1. The Balaban J connectivity index is 1.52. The van der Waals surface area contributed by atoms with Crippen molar-refractivity contribution in [2.45, 2.75) is 44.4 Å². The number of likely N-dealkylation sites (tertiary alicyclic amines) is 1. The van der Waals surface area contributed by atoms with Crippen LogP contribution < -0.4 is 0 Å². The highest BCUT2D eigenvalue weighted by atomic mass is 16.4. The van der Waals surface area contributed by atoms with Gasteiger partial charge in [-0.15, -0.1) is 0 Å². The highest BCUT2D eigenvalue weighted by Crippen LogP contribution is 2.29. The monoisotopic (exact) mass is 364 g/mol. The number of piperidine rings is 1. The predicted octanol–water partition coefficient (Wildman–Crippen LogP) is 3.68. The zero-order valence-corrected chi connectivity index (χ0v) is 15.4. The number of hydrogen-bond donors (Lipinski definition) is 1. The number of hydrogen-bond acceptors (Lipinski definition) is 3. The third-order valence-corrected chi connectivity index (χ3v) is 5.73. The molecule has 5 nitrogen and oxygen atoms in total. The fourth-order valence-electron chi connectivity index (χ4n) is 4.25. The number of aromatic nitrogens is 1. The summed E-state index contributed by atoms with van der Waals surface area (Å²) in [6, 6.07) is 9.12. The maximum Gasteiger partial charge on any atom is 0.335 e. The first-order valence-corrected chi connectivity index (χ1v) is 9.72. The molecule has 0 radical (unpaired) electrons. The summed E-state index contributed by atoms with van der Waals surface area (Å²) in [7, 11) is 0. The number of nitrogens with zero attached hydrogens (tertiary/aromatic N) is 2. The minimum absolute atomic E-state index is 0.0370. The Hall–Kier alpha value is -2.69. The van der Waals surface area contributed by atoms with Gasteiger partial charge in [0.1, 0.15) is 0 Å². The van der Waals surface area contributed by atoms with Gasteiger partial charge in [-0.1, -0.05) is 12.1 Å². The molecule has 1 atom stereocenters. The second-order valence-electron chi connectivity index (χ2n) is 7.56. The Morgan fingerprint density at radius 3 is 2.78 bits per heavy atom. The van der Waals surface area contributed by atoms with Crippen molar-refractivity contribution in [3.05, 3.63) is 64.5 Å². The maximum atomic E-state index is 13.0. The lowest BCUT2D eigenvalue weighted by atomic mass is 9.89. The number of fused-ring (bicyclic) bond motifs is 1. The molecule has 2 heterocycles. The average molecular weight is 364 g/mol. The molecular weight excluding hydrogens is 340 g/mol. The van der Waals surface area contributed by atoms with Gasteiger partial charge in [-0.2, -0.15) is 0 Å². The largest absolute Gasteiger partial charge is 0.478 e. The van der Waals surface area contributed by atoms with Crippen molar-refractivity contribution in [3.63, 3.8) is 0 Å². The number of carboxylic acid groups (broad SMARTS) is 1. The third-order valence-electron chi connectivity index (χ3n) is 5.73. The van der Waals surface area contributed by atoms with Crippen molar-refractivity contribution in [2.24, 2.45) is 0 Å². The summed E-state index contributed by atoms with van der Waals surface area (Å²) in [6.45, 7) is 1.37. The van der Waals surface area contributed by atoms with Crippen LogP contribution in [0.5, 0.6) is 0 Å². The van der Waals surface area contributed by atoms with Crippen LogP contribution in [0.1, 0.15) is 69.1 Å². The van der Waals surface area contributed by atoms with Crippen molar-refractivity contribution in [2.75, 3.05) is 13.1 Å². The van der Waals surface area contributed by atoms with Crippen LogP contribution in [0.3, 0.4) is 0 Å². The molecule has 2 aliphatic rings. The van der Waals surface area contributed by atoms with Crippen molar-refractivity contribution >= 4 is 11.9 Å². The Kier molecular flexibility index (Phi) is 4.92. The quantitative estimate of drug-likeness (QED) is 0.902. The van der Waals surface area contributed by atoms with Gasteiger partial charge in [-0.25, -0.2) is 4.79 Å². The van der Waals surface area contributed by atoms with E-state index in [1.807, 2.05) is 17.0 Å². The molecule has 1 aliphatic heterocycles. The summed E-state index contributed by atoms with van der Waals surface area (Å²) in [5.74, 6) is -0.705. The van der Waals surface area contributed by atoms with Crippen LogP contribution in [0.25, 0.3) is 0 Å². The molecule has 5 heteroatoms. The third kappa shape index (κ3) is 3.72. The summed E-state index contributed by atoms with van der Waals surface area (Å²) in [5.41, 5.74) is 4.33. The molecule has 4 rings (SSSR count). The van der Waals surface area contributed by atoms with Gasteiger partial charge in [0.25, 0.3) is 5.91 Å². The van der Waals surface area contributed by atoms with Gasteiger partial charge in [0.05, 0.1) is 11.1 Å². The molecule has 1 saturated heterocycles. The number of aromatic carboxylic acids is 1. The lowest BCUT2D eigenvalue weighted by molar-refractivity contribution is 0.0687. The molecule has 1 N–H and O–H groups in total. The van der Waals surface area contributed by atoms with E-state index in [2.05, 4.69) is 4.98 Å². The van der Waals surface area contributed by atoms with E-state index in [-0.39, 0.29) is 11.8 Å². The number of carbonyl (C=O) groups is 2. The van der Waals surface area contributed by atoms with E-state index in [0.29, 0.717) is 17.7 Å². The molecule has 0 bridgehead atoms. The number of benzene rings is 1.